The molecule has 0 saturated carbocycles. The van der Waals surface area contributed by atoms with E-state index < -0.39 is 23.1 Å². The second-order valence-electron chi connectivity index (χ2n) is 3.25. The third-order valence-corrected chi connectivity index (χ3v) is 3.43. The van der Waals surface area contributed by atoms with Gasteiger partial charge in [0, 0.05) is 4.88 Å². The number of hydrogen-bond acceptors (Lipinski definition) is 3. The van der Waals surface area contributed by atoms with Crippen molar-refractivity contribution in [3.8, 4) is 0 Å². The van der Waals surface area contributed by atoms with Gasteiger partial charge in [0.05, 0.1) is 5.69 Å². The fourth-order valence-corrected chi connectivity index (χ4v) is 2.59. The lowest BCUT2D eigenvalue weighted by molar-refractivity contribution is -0.140. The van der Waals surface area contributed by atoms with Crippen LogP contribution in [0.1, 0.15) is 27.9 Å². The van der Waals surface area contributed by atoms with E-state index in [0.717, 1.165) is 0 Å². The van der Waals surface area contributed by atoms with E-state index in [2.05, 4.69) is 4.98 Å². The number of nitrogens with zero attached hydrogens (tertiary/aromatic N) is 1. The lowest BCUT2D eigenvalue weighted by atomic mass is 10.1. The van der Waals surface area contributed by atoms with Crippen LogP contribution in [0.15, 0.2) is 0 Å². The zero-order valence-electron chi connectivity index (χ0n) is 7.34. The van der Waals surface area contributed by atoms with Gasteiger partial charge in [-0.3, -0.25) is 4.79 Å². The molecule has 1 aromatic heterocycles. The molecule has 0 spiro atoms. The number of thiazole rings is 1. The van der Waals surface area contributed by atoms with Gasteiger partial charge in [-0.2, -0.15) is 13.2 Å². The van der Waals surface area contributed by atoms with Gasteiger partial charge in [-0.1, -0.05) is 0 Å². The average Bonchev–Trinajstić information content (AvgIpc) is 2.56. The van der Waals surface area contributed by atoms with Gasteiger partial charge in [-0.15, -0.1) is 11.3 Å². The van der Waals surface area contributed by atoms with Gasteiger partial charge in [0.1, 0.15) is 5.92 Å². The molecule has 82 valence electrons. The molecule has 0 amide bonds. The minimum absolute atomic E-state index is 0.0971. The summed E-state index contributed by atoms with van der Waals surface area (Å²) in [5.74, 6) is -1.97. The molecule has 0 aliphatic heterocycles. The fourth-order valence-electron chi connectivity index (χ4n) is 1.59. The molecular formula is C8H6F3NO2S. The van der Waals surface area contributed by atoms with Crippen molar-refractivity contribution in [3.05, 3.63) is 15.6 Å². The Kier molecular flexibility index (Phi) is 2.22. The van der Waals surface area contributed by atoms with Gasteiger partial charge in [-0.25, -0.2) is 4.98 Å². The largest absolute Gasteiger partial charge is 0.481 e. The lowest BCUT2D eigenvalue weighted by Gasteiger charge is -2.03. The first-order chi connectivity index (χ1) is 6.89. The van der Waals surface area contributed by atoms with Crippen molar-refractivity contribution in [2.45, 2.75) is 24.9 Å². The summed E-state index contributed by atoms with van der Waals surface area (Å²) in [6.45, 7) is 0. The number of carboxylic acids is 1. The molecule has 1 aliphatic carbocycles. The van der Waals surface area contributed by atoms with E-state index in [1.807, 2.05) is 0 Å². The number of fused-ring (bicyclic) bond motifs is 1. The number of hydrogen-bond donors (Lipinski definition) is 1. The maximum atomic E-state index is 12.3. The van der Waals surface area contributed by atoms with Crippen molar-refractivity contribution in [3.63, 3.8) is 0 Å². The standard InChI is InChI=1S/C8H6F3NO2S/c9-8(10,11)7-12-5-3(6(13)14)1-2-4(5)15-7/h3H,1-2H2,(H,13,14). The number of aryl methyl sites for hydroxylation is 1. The minimum atomic E-state index is -4.47. The summed E-state index contributed by atoms with van der Waals surface area (Å²) < 4.78 is 36.8. The summed E-state index contributed by atoms with van der Waals surface area (Å²) in [4.78, 5) is 14.5. The first-order valence-electron chi connectivity index (χ1n) is 4.19. The van der Waals surface area contributed by atoms with Crippen LogP contribution in [-0.4, -0.2) is 16.1 Å². The van der Waals surface area contributed by atoms with Gasteiger partial charge in [0.2, 0.25) is 0 Å². The molecule has 0 bridgehead atoms. The van der Waals surface area contributed by atoms with Crippen molar-refractivity contribution < 1.29 is 23.1 Å². The second-order valence-corrected chi connectivity index (χ2v) is 4.34. The highest BCUT2D eigenvalue weighted by atomic mass is 32.1. The van der Waals surface area contributed by atoms with E-state index in [-0.39, 0.29) is 5.69 Å². The fraction of sp³-hybridized carbons (Fsp3) is 0.500. The number of aromatic nitrogens is 1. The van der Waals surface area contributed by atoms with Crippen LogP contribution in [-0.2, 0) is 17.4 Å². The molecule has 0 saturated heterocycles. The quantitative estimate of drug-likeness (QED) is 0.815. The molecule has 1 heterocycles. The maximum Gasteiger partial charge on any atom is 0.443 e. The second kappa shape index (κ2) is 3.19. The van der Waals surface area contributed by atoms with Crippen LogP contribution in [0.5, 0.6) is 0 Å². The molecule has 1 unspecified atom stereocenters. The predicted octanol–water partition coefficient (Wildman–Crippen LogP) is 2.28. The van der Waals surface area contributed by atoms with Crippen LogP contribution in [0, 0.1) is 0 Å². The topological polar surface area (TPSA) is 50.2 Å². The SMILES string of the molecule is O=C(O)C1CCc2sc(C(F)(F)F)nc21. The van der Waals surface area contributed by atoms with E-state index in [4.69, 9.17) is 5.11 Å². The summed E-state index contributed by atoms with van der Waals surface area (Å²) in [6.07, 6.45) is -3.75. The van der Waals surface area contributed by atoms with Gasteiger partial charge in [-0.05, 0) is 12.8 Å². The Morgan fingerprint density at radius 1 is 1.53 bits per heavy atom. The summed E-state index contributed by atoms with van der Waals surface area (Å²) >= 11 is 0.551. The zero-order chi connectivity index (χ0) is 11.2. The molecule has 0 fully saturated rings. The summed E-state index contributed by atoms with van der Waals surface area (Å²) in [7, 11) is 0. The molecule has 1 aliphatic rings. The Labute approximate surface area is 86.6 Å². The summed E-state index contributed by atoms with van der Waals surface area (Å²) in [6, 6.07) is 0. The van der Waals surface area contributed by atoms with Crippen LogP contribution >= 0.6 is 11.3 Å². The molecule has 7 heteroatoms. The van der Waals surface area contributed by atoms with E-state index in [0.29, 0.717) is 29.1 Å². The molecule has 1 atom stereocenters. The number of carboxylic acid groups (broad SMARTS) is 1. The van der Waals surface area contributed by atoms with Gasteiger partial charge in [0.25, 0.3) is 0 Å². The summed E-state index contributed by atoms with van der Waals surface area (Å²) in [5, 5.41) is 7.81. The van der Waals surface area contributed by atoms with Crippen molar-refractivity contribution in [2.24, 2.45) is 0 Å². The maximum absolute atomic E-state index is 12.3. The van der Waals surface area contributed by atoms with Crippen LogP contribution in [0.4, 0.5) is 13.2 Å². The minimum Gasteiger partial charge on any atom is -0.481 e. The molecule has 1 N–H and O–H groups in total. The molecule has 0 aromatic carbocycles. The lowest BCUT2D eigenvalue weighted by Crippen LogP contribution is -2.10. The number of rotatable bonds is 1. The van der Waals surface area contributed by atoms with Crippen LogP contribution in [0.25, 0.3) is 0 Å². The van der Waals surface area contributed by atoms with Gasteiger partial charge in [0.15, 0.2) is 5.01 Å². The van der Waals surface area contributed by atoms with E-state index in [9.17, 15) is 18.0 Å². The normalized spacial score (nSPS) is 20.3. The Morgan fingerprint density at radius 2 is 2.20 bits per heavy atom. The highest BCUT2D eigenvalue weighted by Gasteiger charge is 2.40. The van der Waals surface area contributed by atoms with E-state index >= 15 is 0 Å². The Morgan fingerprint density at radius 3 is 2.73 bits per heavy atom. The first-order valence-corrected chi connectivity index (χ1v) is 5.01. The molecule has 15 heavy (non-hydrogen) atoms. The third-order valence-electron chi connectivity index (χ3n) is 2.26. The number of carbonyl (C=O) groups is 1. The first kappa shape index (κ1) is 10.4. The van der Waals surface area contributed by atoms with E-state index in [1.54, 1.807) is 0 Å². The zero-order valence-corrected chi connectivity index (χ0v) is 8.15. The molecule has 3 nitrogen and oxygen atoms in total. The average molecular weight is 237 g/mol. The molecule has 2 rings (SSSR count). The van der Waals surface area contributed by atoms with Crippen LogP contribution in [0.2, 0.25) is 0 Å². The Balaban J connectivity index is 2.39. The van der Waals surface area contributed by atoms with Crippen LogP contribution < -0.4 is 0 Å². The molecule has 0 radical (unpaired) electrons. The highest BCUT2D eigenvalue weighted by Crippen LogP contribution is 2.41. The van der Waals surface area contributed by atoms with Gasteiger partial charge >= 0.3 is 12.1 Å². The van der Waals surface area contributed by atoms with Gasteiger partial charge < -0.3 is 5.11 Å². The molecule has 1 aromatic rings. The van der Waals surface area contributed by atoms with E-state index in [1.165, 1.54) is 0 Å². The number of aliphatic carboxylic acids is 1. The van der Waals surface area contributed by atoms with Crippen molar-refractivity contribution in [1.29, 1.82) is 0 Å². The Bertz CT molecular complexity index is 413. The number of alkyl halides is 3. The highest BCUT2D eigenvalue weighted by molar-refractivity contribution is 7.11. The Hall–Kier alpha value is -1.11. The molecular weight excluding hydrogens is 231 g/mol. The smallest absolute Gasteiger partial charge is 0.443 e. The predicted molar refractivity (Wildman–Crippen MR) is 45.8 cm³/mol. The summed E-state index contributed by atoms with van der Waals surface area (Å²) in [5.41, 5.74) is 0.0971. The number of halogens is 3. The van der Waals surface area contributed by atoms with Crippen molar-refractivity contribution in [1.82, 2.24) is 4.98 Å². The third kappa shape index (κ3) is 1.71. The van der Waals surface area contributed by atoms with Crippen molar-refractivity contribution in [2.75, 3.05) is 0 Å². The monoisotopic (exact) mass is 237 g/mol. The van der Waals surface area contributed by atoms with Crippen LogP contribution in [0.3, 0.4) is 0 Å². The van der Waals surface area contributed by atoms with Crippen molar-refractivity contribution >= 4 is 17.3 Å².